The van der Waals surface area contributed by atoms with Gasteiger partial charge in [0.05, 0.1) is 29.5 Å². The van der Waals surface area contributed by atoms with Gasteiger partial charge in [-0.25, -0.2) is 13.8 Å². The SMILES string of the molecule is CC(O)Cc1cc(F)c(-c2cc(C(N)=O)c(Nc3cccc(CNC(=O)c4ccn(C)n4)n3)s2)c(F)c1. The van der Waals surface area contributed by atoms with Gasteiger partial charge in [0.25, 0.3) is 11.8 Å². The fraction of sp³-hybridized carbons (Fsp3) is 0.200. The maximum Gasteiger partial charge on any atom is 0.272 e. The van der Waals surface area contributed by atoms with Crippen LogP contribution in [0.4, 0.5) is 19.6 Å². The summed E-state index contributed by atoms with van der Waals surface area (Å²) >= 11 is 0.946. The summed E-state index contributed by atoms with van der Waals surface area (Å²) < 4.78 is 31.2. The Morgan fingerprint density at radius 3 is 2.54 bits per heavy atom. The van der Waals surface area contributed by atoms with Crippen LogP contribution in [0.25, 0.3) is 10.4 Å². The lowest BCUT2D eigenvalue weighted by Gasteiger charge is -2.09. The van der Waals surface area contributed by atoms with Crippen molar-refractivity contribution < 1.29 is 23.5 Å². The van der Waals surface area contributed by atoms with Crippen molar-refractivity contribution in [3.63, 3.8) is 0 Å². The van der Waals surface area contributed by atoms with E-state index >= 15 is 0 Å². The molecular weight excluding hydrogens is 502 g/mol. The molecule has 4 rings (SSSR count). The average Bonchev–Trinajstić information content (AvgIpc) is 3.43. The highest BCUT2D eigenvalue weighted by molar-refractivity contribution is 7.20. The Morgan fingerprint density at radius 2 is 1.92 bits per heavy atom. The van der Waals surface area contributed by atoms with Crippen molar-refractivity contribution in [2.75, 3.05) is 5.32 Å². The number of nitrogens with zero attached hydrogens (tertiary/aromatic N) is 3. The highest BCUT2D eigenvalue weighted by Gasteiger charge is 2.21. The molecule has 0 bridgehead atoms. The number of amides is 2. The number of hydrogen-bond acceptors (Lipinski definition) is 7. The third-order valence-electron chi connectivity index (χ3n) is 5.30. The lowest BCUT2D eigenvalue weighted by molar-refractivity contribution is 0.0943. The summed E-state index contributed by atoms with van der Waals surface area (Å²) in [6.07, 6.45) is 1.00. The van der Waals surface area contributed by atoms with E-state index in [1.807, 2.05) is 0 Å². The molecule has 5 N–H and O–H groups in total. The number of aliphatic hydroxyl groups excluding tert-OH is 1. The smallest absolute Gasteiger partial charge is 0.272 e. The molecule has 1 aromatic carbocycles. The quantitative estimate of drug-likeness (QED) is 0.264. The molecule has 2 amide bonds. The topological polar surface area (TPSA) is 135 Å². The first-order valence-corrected chi connectivity index (χ1v) is 12.0. The Labute approximate surface area is 215 Å². The van der Waals surface area contributed by atoms with Crippen LogP contribution in [0.3, 0.4) is 0 Å². The van der Waals surface area contributed by atoms with Crippen molar-refractivity contribution in [1.82, 2.24) is 20.1 Å². The van der Waals surface area contributed by atoms with Crippen LogP contribution in [0.1, 0.15) is 39.0 Å². The number of carbonyl (C=O) groups excluding carboxylic acids is 2. The van der Waals surface area contributed by atoms with Crippen LogP contribution in [0, 0.1) is 11.6 Å². The normalized spacial score (nSPS) is 11.8. The first-order valence-electron chi connectivity index (χ1n) is 11.2. The second kappa shape index (κ2) is 10.8. The third kappa shape index (κ3) is 6.16. The number of hydrogen-bond donors (Lipinski definition) is 4. The fourth-order valence-corrected chi connectivity index (χ4v) is 4.79. The van der Waals surface area contributed by atoms with E-state index in [1.165, 1.54) is 17.7 Å². The molecule has 0 aliphatic carbocycles. The minimum atomic E-state index is -0.816. The molecule has 0 radical (unpaired) electrons. The Kier molecular flexibility index (Phi) is 7.60. The molecule has 37 heavy (non-hydrogen) atoms. The zero-order valence-corrected chi connectivity index (χ0v) is 20.8. The predicted molar refractivity (Wildman–Crippen MR) is 135 cm³/mol. The van der Waals surface area contributed by atoms with Crippen molar-refractivity contribution in [1.29, 1.82) is 0 Å². The van der Waals surface area contributed by atoms with Crippen LogP contribution in [-0.4, -0.2) is 37.8 Å². The summed E-state index contributed by atoms with van der Waals surface area (Å²) in [4.78, 5) is 28.9. The number of carbonyl (C=O) groups is 2. The van der Waals surface area contributed by atoms with Gasteiger partial charge in [-0.2, -0.15) is 5.10 Å². The first-order chi connectivity index (χ1) is 17.6. The molecule has 4 aromatic rings. The van der Waals surface area contributed by atoms with Crippen molar-refractivity contribution in [2.45, 2.75) is 26.0 Å². The molecule has 192 valence electrons. The predicted octanol–water partition coefficient (Wildman–Crippen LogP) is 3.52. The summed E-state index contributed by atoms with van der Waals surface area (Å²) in [5.41, 5.74) is 6.38. The average molecular weight is 527 g/mol. The maximum absolute atomic E-state index is 14.8. The Hall–Kier alpha value is -4.16. The molecule has 0 saturated carbocycles. The van der Waals surface area contributed by atoms with E-state index in [9.17, 15) is 23.5 Å². The van der Waals surface area contributed by atoms with Crippen LogP contribution in [0.5, 0.6) is 0 Å². The van der Waals surface area contributed by atoms with E-state index in [2.05, 4.69) is 20.7 Å². The fourth-order valence-electron chi connectivity index (χ4n) is 3.67. The molecule has 1 unspecified atom stereocenters. The minimum Gasteiger partial charge on any atom is -0.393 e. The standard InChI is InChI=1S/C25H24F2N6O3S/c1-13(34)8-14-9-17(26)22(18(27)10-14)20-11-16(23(28)35)25(37-20)31-21-5-3-4-15(30-21)12-29-24(36)19-6-7-33(2)32-19/h3-7,9-11,13,34H,8,12H2,1-2H3,(H2,28,35)(H,29,36)(H,30,31). The first kappa shape index (κ1) is 25.9. The van der Waals surface area contributed by atoms with E-state index in [-0.39, 0.29) is 45.6 Å². The van der Waals surface area contributed by atoms with Crippen LogP contribution in [0.15, 0.2) is 48.7 Å². The Balaban J connectivity index is 1.55. The number of pyridine rings is 1. The van der Waals surface area contributed by atoms with Crippen LogP contribution in [-0.2, 0) is 20.0 Å². The molecule has 0 aliphatic rings. The molecule has 0 aliphatic heterocycles. The minimum absolute atomic E-state index is 0.0440. The number of anilines is 2. The third-order valence-corrected chi connectivity index (χ3v) is 6.37. The summed E-state index contributed by atoms with van der Waals surface area (Å²) in [6, 6.07) is 10.3. The number of thiophene rings is 1. The number of benzene rings is 1. The second-order valence-corrected chi connectivity index (χ2v) is 9.45. The van der Waals surface area contributed by atoms with Gasteiger partial charge in [0.2, 0.25) is 0 Å². The molecule has 0 spiro atoms. The van der Waals surface area contributed by atoms with E-state index in [1.54, 1.807) is 37.5 Å². The van der Waals surface area contributed by atoms with Crippen LogP contribution in [0.2, 0.25) is 0 Å². The zero-order chi connectivity index (χ0) is 26.7. The Bertz CT molecular complexity index is 1440. The van der Waals surface area contributed by atoms with E-state index in [0.717, 1.165) is 23.5 Å². The van der Waals surface area contributed by atoms with Crippen molar-refractivity contribution in [2.24, 2.45) is 12.8 Å². The number of aryl methyl sites for hydroxylation is 1. The van der Waals surface area contributed by atoms with Gasteiger partial charge in [0.15, 0.2) is 0 Å². The number of nitrogens with two attached hydrogens (primary N) is 1. The molecule has 3 heterocycles. The summed E-state index contributed by atoms with van der Waals surface area (Å²) in [5, 5.41) is 19.5. The maximum atomic E-state index is 14.8. The van der Waals surface area contributed by atoms with Crippen molar-refractivity contribution in [3.05, 3.63) is 82.8 Å². The van der Waals surface area contributed by atoms with E-state index < -0.39 is 23.6 Å². The van der Waals surface area contributed by atoms with Gasteiger partial charge in [-0.1, -0.05) is 6.07 Å². The largest absolute Gasteiger partial charge is 0.393 e. The van der Waals surface area contributed by atoms with Gasteiger partial charge in [-0.05, 0) is 55.3 Å². The second-order valence-electron chi connectivity index (χ2n) is 8.40. The van der Waals surface area contributed by atoms with Gasteiger partial charge < -0.3 is 21.5 Å². The van der Waals surface area contributed by atoms with Gasteiger partial charge >= 0.3 is 0 Å². The summed E-state index contributed by atoms with van der Waals surface area (Å²) in [5.74, 6) is -2.43. The van der Waals surface area contributed by atoms with Crippen molar-refractivity contribution >= 4 is 34.0 Å². The molecule has 0 fully saturated rings. The highest BCUT2D eigenvalue weighted by Crippen LogP contribution is 2.39. The van der Waals surface area contributed by atoms with E-state index in [0.29, 0.717) is 17.1 Å². The van der Waals surface area contributed by atoms with Crippen LogP contribution >= 0.6 is 11.3 Å². The molecule has 3 aromatic heterocycles. The molecule has 9 nitrogen and oxygen atoms in total. The van der Waals surface area contributed by atoms with E-state index in [4.69, 9.17) is 5.73 Å². The molecular formula is C25H24F2N6O3S. The number of primary amides is 1. The number of rotatable bonds is 9. The number of nitrogens with one attached hydrogen (secondary N) is 2. The number of halogens is 2. The summed E-state index contributed by atoms with van der Waals surface area (Å²) in [6.45, 7) is 1.65. The molecule has 1 atom stereocenters. The summed E-state index contributed by atoms with van der Waals surface area (Å²) in [7, 11) is 1.71. The zero-order valence-electron chi connectivity index (χ0n) is 20.0. The number of aliphatic hydroxyl groups is 1. The van der Waals surface area contributed by atoms with Gasteiger partial charge in [-0.3, -0.25) is 14.3 Å². The molecule has 0 saturated heterocycles. The van der Waals surface area contributed by atoms with Gasteiger partial charge in [0.1, 0.15) is 28.1 Å². The van der Waals surface area contributed by atoms with Gasteiger partial charge in [0, 0.05) is 18.1 Å². The molecule has 12 heteroatoms. The lowest BCUT2D eigenvalue weighted by atomic mass is 10.0. The highest BCUT2D eigenvalue weighted by atomic mass is 32.1. The van der Waals surface area contributed by atoms with Crippen molar-refractivity contribution in [3.8, 4) is 10.4 Å². The van der Waals surface area contributed by atoms with Gasteiger partial charge in [-0.15, -0.1) is 11.3 Å². The number of aromatic nitrogens is 3. The Morgan fingerprint density at radius 1 is 1.19 bits per heavy atom. The van der Waals surface area contributed by atoms with Crippen LogP contribution < -0.4 is 16.4 Å². The monoisotopic (exact) mass is 526 g/mol. The lowest BCUT2D eigenvalue weighted by Crippen LogP contribution is -2.24.